The summed E-state index contributed by atoms with van der Waals surface area (Å²) in [6.45, 7) is 5.46. The first-order chi connectivity index (χ1) is 11.6. The molecular weight excluding hydrogens is 322 g/mol. The number of thiophene rings is 1. The zero-order valence-corrected chi connectivity index (χ0v) is 14.9. The fraction of sp³-hybridized carbons (Fsp3) is 0.421. The van der Waals surface area contributed by atoms with Gasteiger partial charge in [0.1, 0.15) is 11.8 Å². The summed E-state index contributed by atoms with van der Waals surface area (Å²) in [6, 6.07) is 9.75. The predicted octanol–water partition coefficient (Wildman–Crippen LogP) is 4.09. The Morgan fingerprint density at radius 1 is 1.46 bits per heavy atom. The molecule has 5 heteroatoms. The number of carbonyl (C=O) groups is 1. The lowest BCUT2D eigenvalue weighted by atomic mass is 10.0. The second kappa shape index (κ2) is 7.36. The molecule has 0 saturated carbocycles. The number of hydrogen-bond donors (Lipinski definition) is 1. The third-order valence-electron chi connectivity index (χ3n) is 4.42. The van der Waals surface area contributed by atoms with Crippen LogP contribution in [0.4, 0.5) is 0 Å². The van der Waals surface area contributed by atoms with Crippen LogP contribution in [0.2, 0.25) is 0 Å². The normalized spacial score (nSPS) is 19.3. The summed E-state index contributed by atoms with van der Waals surface area (Å²) in [4.78, 5) is 15.0. The van der Waals surface area contributed by atoms with Gasteiger partial charge in [0.15, 0.2) is 0 Å². The molecule has 0 aliphatic carbocycles. The highest BCUT2D eigenvalue weighted by atomic mass is 32.1. The molecule has 24 heavy (non-hydrogen) atoms. The smallest absolute Gasteiger partial charge is 0.320 e. The quantitative estimate of drug-likeness (QED) is 0.856. The highest BCUT2D eigenvalue weighted by molar-refractivity contribution is 7.10. The van der Waals surface area contributed by atoms with Crippen molar-refractivity contribution in [1.82, 2.24) is 4.90 Å². The van der Waals surface area contributed by atoms with Crippen molar-refractivity contribution in [2.45, 2.75) is 38.8 Å². The van der Waals surface area contributed by atoms with Crippen LogP contribution in [0.25, 0.3) is 0 Å². The molecule has 0 radical (unpaired) electrons. The molecule has 0 spiro atoms. The van der Waals surface area contributed by atoms with Crippen molar-refractivity contribution in [2.24, 2.45) is 0 Å². The van der Waals surface area contributed by atoms with Gasteiger partial charge in [-0.25, -0.2) is 0 Å². The van der Waals surface area contributed by atoms with Gasteiger partial charge in [-0.1, -0.05) is 12.1 Å². The fourth-order valence-corrected chi connectivity index (χ4v) is 4.46. The summed E-state index contributed by atoms with van der Waals surface area (Å²) >= 11 is 1.70. The Bertz CT molecular complexity index is 712. The number of benzene rings is 1. The van der Waals surface area contributed by atoms with Crippen LogP contribution in [0.3, 0.4) is 0 Å². The molecule has 0 amide bonds. The Labute approximate surface area is 146 Å². The minimum absolute atomic E-state index is 0.0345. The summed E-state index contributed by atoms with van der Waals surface area (Å²) in [5.41, 5.74) is 2.31. The molecule has 1 N–H and O–H groups in total. The van der Waals surface area contributed by atoms with Crippen LogP contribution in [0.5, 0.6) is 5.75 Å². The van der Waals surface area contributed by atoms with Gasteiger partial charge in [0, 0.05) is 11.4 Å². The highest BCUT2D eigenvalue weighted by Gasteiger charge is 2.37. The van der Waals surface area contributed by atoms with Crippen molar-refractivity contribution in [2.75, 3.05) is 13.2 Å². The topological polar surface area (TPSA) is 49.8 Å². The number of ether oxygens (including phenoxy) is 1. The van der Waals surface area contributed by atoms with E-state index in [-0.39, 0.29) is 6.04 Å². The van der Waals surface area contributed by atoms with Crippen LogP contribution in [0.15, 0.2) is 35.7 Å². The van der Waals surface area contributed by atoms with Gasteiger partial charge in [0.05, 0.1) is 12.6 Å². The van der Waals surface area contributed by atoms with Crippen LogP contribution >= 0.6 is 11.3 Å². The Hall–Kier alpha value is -1.85. The molecule has 1 aliphatic heterocycles. The SMILES string of the molecule is CCOc1cccc(C(c2cc(C)cs2)N2CCCC2C(=O)O)c1. The zero-order valence-electron chi connectivity index (χ0n) is 14.1. The monoisotopic (exact) mass is 345 g/mol. The van der Waals surface area contributed by atoms with Crippen molar-refractivity contribution in [3.63, 3.8) is 0 Å². The van der Waals surface area contributed by atoms with E-state index in [1.807, 2.05) is 25.1 Å². The summed E-state index contributed by atoms with van der Waals surface area (Å²) in [6.07, 6.45) is 1.63. The molecule has 1 aliphatic rings. The lowest BCUT2D eigenvalue weighted by Gasteiger charge is -2.31. The number of carboxylic acid groups (broad SMARTS) is 1. The van der Waals surface area contributed by atoms with Gasteiger partial charge in [-0.15, -0.1) is 11.3 Å². The Balaban J connectivity index is 2.02. The molecule has 3 rings (SSSR count). The van der Waals surface area contributed by atoms with Gasteiger partial charge >= 0.3 is 5.97 Å². The van der Waals surface area contributed by atoms with Crippen molar-refractivity contribution in [3.8, 4) is 5.75 Å². The molecule has 1 fully saturated rings. The molecular formula is C19H23NO3S. The number of likely N-dealkylation sites (tertiary alicyclic amines) is 1. The first-order valence-corrected chi connectivity index (χ1v) is 9.24. The molecule has 2 atom stereocenters. The Morgan fingerprint density at radius 2 is 2.29 bits per heavy atom. The molecule has 2 heterocycles. The summed E-state index contributed by atoms with van der Waals surface area (Å²) in [5.74, 6) is 0.103. The first-order valence-electron chi connectivity index (χ1n) is 8.36. The van der Waals surface area contributed by atoms with Gasteiger partial charge in [0.2, 0.25) is 0 Å². The van der Waals surface area contributed by atoms with E-state index < -0.39 is 12.0 Å². The van der Waals surface area contributed by atoms with E-state index in [9.17, 15) is 9.90 Å². The summed E-state index contributed by atoms with van der Waals surface area (Å²) in [5, 5.41) is 11.7. The fourth-order valence-electron chi connectivity index (χ4n) is 3.42. The van der Waals surface area contributed by atoms with E-state index in [0.717, 1.165) is 24.3 Å². The van der Waals surface area contributed by atoms with Gasteiger partial charge < -0.3 is 9.84 Å². The number of rotatable bonds is 6. The minimum atomic E-state index is -0.730. The molecule has 4 nitrogen and oxygen atoms in total. The van der Waals surface area contributed by atoms with Gasteiger partial charge in [-0.05, 0) is 61.4 Å². The van der Waals surface area contributed by atoms with Crippen molar-refractivity contribution in [3.05, 3.63) is 51.7 Å². The van der Waals surface area contributed by atoms with Crippen LogP contribution < -0.4 is 4.74 Å². The Kier molecular flexibility index (Phi) is 5.21. The number of carboxylic acids is 1. The van der Waals surface area contributed by atoms with Gasteiger partial charge in [0.25, 0.3) is 0 Å². The maximum absolute atomic E-state index is 11.7. The molecule has 1 aromatic heterocycles. The van der Waals surface area contributed by atoms with Gasteiger partial charge in [-0.2, -0.15) is 0 Å². The third-order valence-corrected chi connectivity index (χ3v) is 5.52. The summed E-state index contributed by atoms with van der Waals surface area (Å²) < 4.78 is 5.64. The van der Waals surface area contributed by atoms with E-state index in [0.29, 0.717) is 13.0 Å². The second-order valence-corrected chi connectivity index (χ2v) is 7.11. The zero-order chi connectivity index (χ0) is 17.1. The number of aliphatic carboxylic acids is 1. The van der Waals surface area contributed by atoms with Crippen molar-refractivity contribution in [1.29, 1.82) is 0 Å². The maximum atomic E-state index is 11.7. The minimum Gasteiger partial charge on any atom is -0.494 e. The van der Waals surface area contributed by atoms with E-state index in [1.165, 1.54) is 10.4 Å². The van der Waals surface area contributed by atoms with Crippen molar-refractivity contribution < 1.29 is 14.6 Å². The molecule has 1 saturated heterocycles. The standard InChI is InChI=1S/C19H23NO3S/c1-3-23-15-7-4-6-14(11-15)18(17-10-13(2)12-24-17)20-9-5-8-16(20)19(21)22/h4,6-7,10-12,16,18H,3,5,8-9H2,1-2H3,(H,21,22). The largest absolute Gasteiger partial charge is 0.494 e. The Morgan fingerprint density at radius 3 is 2.96 bits per heavy atom. The van der Waals surface area contributed by atoms with Crippen LogP contribution in [-0.2, 0) is 4.79 Å². The molecule has 0 bridgehead atoms. The second-order valence-electron chi connectivity index (χ2n) is 6.17. The van der Waals surface area contributed by atoms with Crippen LogP contribution in [0, 0.1) is 6.92 Å². The van der Waals surface area contributed by atoms with E-state index in [1.54, 1.807) is 11.3 Å². The third kappa shape index (κ3) is 3.47. The van der Waals surface area contributed by atoms with Gasteiger partial charge in [-0.3, -0.25) is 9.69 Å². The molecule has 1 aromatic carbocycles. The number of nitrogens with zero attached hydrogens (tertiary/aromatic N) is 1. The lowest BCUT2D eigenvalue weighted by molar-refractivity contribution is -0.142. The average molecular weight is 345 g/mol. The number of hydrogen-bond acceptors (Lipinski definition) is 4. The van der Waals surface area contributed by atoms with Crippen LogP contribution in [-0.4, -0.2) is 35.2 Å². The molecule has 128 valence electrons. The molecule has 2 unspecified atom stereocenters. The molecule has 2 aromatic rings. The predicted molar refractivity (Wildman–Crippen MR) is 95.9 cm³/mol. The average Bonchev–Trinajstić information content (AvgIpc) is 3.18. The van der Waals surface area contributed by atoms with E-state index >= 15 is 0 Å². The highest BCUT2D eigenvalue weighted by Crippen LogP contribution is 2.38. The van der Waals surface area contributed by atoms with E-state index in [4.69, 9.17) is 4.74 Å². The lowest BCUT2D eigenvalue weighted by Crippen LogP contribution is -2.39. The summed E-state index contributed by atoms with van der Waals surface area (Å²) in [7, 11) is 0. The number of aryl methyl sites for hydroxylation is 1. The maximum Gasteiger partial charge on any atom is 0.320 e. The van der Waals surface area contributed by atoms with Crippen LogP contribution in [0.1, 0.15) is 41.8 Å². The van der Waals surface area contributed by atoms with E-state index in [2.05, 4.69) is 29.3 Å². The first kappa shape index (κ1) is 17.0. The van der Waals surface area contributed by atoms with Crippen molar-refractivity contribution >= 4 is 17.3 Å².